The molecule has 8 heteroatoms. The molecule has 4 rings (SSSR count). The van der Waals surface area contributed by atoms with Crippen LogP contribution in [0.5, 0.6) is 0 Å². The first-order valence-electron chi connectivity index (χ1n) is 9.43. The van der Waals surface area contributed by atoms with Gasteiger partial charge in [-0.15, -0.1) is 0 Å². The molecule has 0 bridgehead atoms. The minimum atomic E-state index is -0.273. The summed E-state index contributed by atoms with van der Waals surface area (Å²) in [6.07, 6.45) is 1.60. The topological polar surface area (TPSA) is 81.0 Å². The van der Waals surface area contributed by atoms with Crippen LogP contribution in [0.1, 0.15) is 22.9 Å². The lowest BCUT2D eigenvalue weighted by Gasteiger charge is -2.40. The van der Waals surface area contributed by atoms with E-state index in [2.05, 4.69) is 38.1 Å². The fourth-order valence-electron chi connectivity index (χ4n) is 3.85. The number of piperazine rings is 1. The van der Waals surface area contributed by atoms with Gasteiger partial charge in [-0.25, -0.2) is 4.98 Å². The third-order valence-electron chi connectivity index (χ3n) is 5.31. The van der Waals surface area contributed by atoms with Crippen LogP contribution < -0.4 is 10.5 Å². The molecule has 7 nitrogen and oxygen atoms in total. The molecule has 0 radical (unpaired) electrons. The van der Waals surface area contributed by atoms with E-state index in [1.165, 1.54) is 0 Å². The Hall–Kier alpha value is -3.08. The van der Waals surface area contributed by atoms with E-state index in [0.29, 0.717) is 5.56 Å². The Balaban J connectivity index is 1.60. The largest absolute Gasteiger partial charge is 0.354 e. The highest BCUT2D eigenvalue weighted by atomic mass is 35.5. The molecule has 3 heterocycles. The van der Waals surface area contributed by atoms with Gasteiger partial charge in [-0.2, -0.15) is 5.26 Å². The van der Waals surface area contributed by atoms with Crippen LogP contribution in [-0.4, -0.2) is 45.8 Å². The van der Waals surface area contributed by atoms with Crippen molar-refractivity contribution in [2.75, 3.05) is 31.1 Å². The van der Waals surface area contributed by atoms with Gasteiger partial charge in [-0.3, -0.25) is 19.5 Å². The van der Waals surface area contributed by atoms with Gasteiger partial charge in [-0.1, -0.05) is 41.9 Å². The molecule has 148 valence electrons. The smallest absolute Gasteiger partial charge is 0.283 e. The minimum absolute atomic E-state index is 0.122. The molecule has 3 aromatic rings. The van der Waals surface area contributed by atoms with Gasteiger partial charge in [0.2, 0.25) is 0 Å². The molecule has 0 saturated carbocycles. The van der Waals surface area contributed by atoms with Crippen molar-refractivity contribution < 1.29 is 0 Å². The lowest BCUT2D eigenvalue weighted by atomic mass is 10.0. The van der Waals surface area contributed by atoms with Crippen LogP contribution in [0.2, 0.25) is 5.02 Å². The summed E-state index contributed by atoms with van der Waals surface area (Å²) in [6.45, 7) is 3.16. The summed E-state index contributed by atoms with van der Waals surface area (Å²) in [4.78, 5) is 21.0. The van der Waals surface area contributed by atoms with E-state index in [9.17, 15) is 4.79 Å². The number of nitrogens with zero attached hydrogens (tertiary/aromatic N) is 5. The highest BCUT2D eigenvalue weighted by Gasteiger charge is 2.31. The molecule has 0 aliphatic carbocycles. The van der Waals surface area contributed by atoms with Crippen molar-refractivity contribution in [3.8, 4) is 6.07 Å². The minimum Gasteiger partial charge on any atom is -0.354 e. The molecular formula is C21H21ClN6O. The Morgan fingerprint density at radius 1 is 1.14 bits per heavy atom. The zero-order valence-electron chi connectivity index (χ0n) is 16.0. The number of nitriles is 1. The molecule has 1 saturated heterocycles. The van der Waals surface area contributed by atoms with Crippen molar-refractivity contribution in [2.45, 2.75) is 6.04 Å². The van der Waals surface area contributed by atoms with Gasteiger partial charge in [0.15, 0.2) is 0 Å². The van der Waals surface area contributed by atoms with Gasteiger partial charge in [0, 0.05) is 39.4 Å². The summed E-state index contributed by atoms with van der Waals surface area (Å²) in [5.41, 5.74) is 2.15. The van der Waals surface area contributed by atoms with Crippen molar-refractivity contribution >= 4 is 17.4 Å². The number of aromatic amines is 1. The van der Waals surface area contributed by atoms with Crippen LogP contribution in [0.25, 0.3) is 0 Å². The first-order chi connectivity index (χ1) is 14.1. The number of aryl methyl sites for hydroxylation is 1. The predicted octanol–water partition coefficient (Wildman–Crippen LogP) is 2.55. The first-order valence-corrected chi connectivity index (χ1v) is 9.81. The zero-order valence-corrected chi connectivity index (χ0v) is 16.8. The standard InChI is InChI=1S/C21H21ClN6O/c1-26-20(18(22)21(29)25-26)19(16-5-3-2-4-6-16)28-11-9-27(10-12-28)17-8-7-15(13-23)14-24-17/h2-8,14,19H,9-12H2,1H3,(H,25,29). The summed E-state index contributed by atoms with van der Waals surface area (Å²) < 4.78 is 1.72. The van der Waals surface area contributed by atoms with E-state index in [1.807, 2.05) is 31.3 Å². The molecule has 1 atom stereocenters. The van der Waals surface area contributed by atoms with Crippen LogP contribution >= 0.6 is 11.6 Å². The van der Waals surface area contributed by atoms with Gasteiger partial charge in [-0.05, 0) is 17.7 Å². The van der Waals surface area contributed by atoms with Crippen LogP contribution in [0.4, 0.5) is 5.82 Å². The molecule has 1 fully saturated rings. The lowest BCUT2D eigenvalue weighted by Crippen LogP contribution is -2.48. The molecule has 0 spiro atoms. The van der Waals surface area contributed by atoms with Crippen molar-refractivity contribution in [3.63, 3.8) is 0 Å². The summed E-state index contributed by atoms with van der Waals surface area (Å²) in [6, 6.07) is 15.7. The number of H-pyrrole nitrogens is 1. The van der Waals surface area contributed by atoms with Crippen LogP contribution in [0.3, 0.4) is 0 Å². The Bertz CT molecular complexity index is 1080. The fourth-order valence-corrected chi connectivity index (χ4v) is 4.13. The molecule has 29 heavy (non-hydrogen) atoms. The monoisotopic (exact) mass is 408 g/mol. The number of hydrogen-bond acceptors (Lipinski definition) is 5. The van der Waals surface area contributed by atoms with Gasteiger partial charge in [0.1, 0.15) is 16.9 Å². The third-order valence-corrected chi connectivity index (χ3v) is 5.67. The van der Waals surface area contributed by atoms with Gasteiger partial charge < -0.3 is 4.90 Å². The second-order valence-electron chi connectivity index (χ2n) is 7.05. The van der Waals surface area contributed by atoms with Crippen molar-refractivity contribution in [2.24, 2.45) is 7.05 Å². The highest BCUT2D eigenvalue weighted by Crippen LogP contribution is 2.32. The van der Waals surface area contributed by atoms with Crippen LogP contribution in [0.15, 0.2) is 53.5 Å². The van der Waals surface area contributed by atoms with Crippen molar-refractivity contribution in [1.29, 1.82) is 5.26 Å². The number of nitrogens with one attached hydrogen (secondary N) is 1. The molecule has 1 N–H and O–H groups in total. The van der Waals surface area contributed by atoms with Crippen LogP contribution in [0, 0.1) is 11.3 Å². The number of hydrogen-bond donors (Lipinski definition) is 1. The summed E-state index contributed by atoms with van der Waals surface area (Å²) in [5.74, 6) is 0.868. The Morgan fingerprint density at radius 3 is 2.41 bits per heavy atom. The summed E-state index contributed by atoms with van der Waals surface area (Å²) in [5, 5.41) is 11.9. The summed E-state index contributed by atoms with van der Waals surface area (Å²) >= 11 is 6.39. The maximum absolute atomic E-state index is 12.1. The number of benzene rings is 1. The number of pyridine rings is 1. The third kappa shape index (κ3) is 3.77. The van der Waals surface area contributed by atoms with Gasteiger partial charge in [0.05, 0.1) is 17.3 Å². The van der Waals surface area contributed by atoms with E-state index in [1.54, 1.807) is 16.9 Å². The van der Waals surface area contributed by atoms with E-state index in [4.69, 9.17) is 16.9 Å². The van der Waals surface area contributed by atoms with Gasteiger partial charge >= 0.3 is 0 Å². The quantitative estimate of drug-likeness (QED) is 0.717. The number of aromatic nitrogens is 3. The Labute approximate surface area is 173 Å². The lowest BCUT2D eigenvalue weighted by molar-refractivity contribution is 0.205. The fraction of sp³-hybridized carbons (Fsp3) is 0.286. The number of anilines is 1. The number of rotatable bonds is 4. The van der Waals surface area contributed by atoms with E-state index in [-0.39, 0.29) is 16.6 Å². The predicted molar refractivity (Wildman–Crippen MR) is 112 cm³/mol. The molecule has 1 unspecified atom stereocenters. The van der Waals surface area contributed by atoms with Crippen molar-refractivity contribution in [1.82, 2.24) is 19.7 Å². The Morgan fingerprint density at radius 2 is 1.86 bits per heavy atom. The SMILES string of the molecule is Cn1[nH]c(=O)c(Cl)c1C(c1ccccc1)N1CCN(c2ccc(C#N)cn2)CC1. The van der Waals surface area contributed by atoms with E-state index >= 15 is 0 Å². The van der Waals surface area contributed by atoms with E-state index < -0.39 is 0 Å². The molecular weight excluding hydrogens is 388 g/mol. The summed E-state index contributed by atoms with van der Waals surface area (Å²) in [7, 11) is 1.81. The zero-order chi connectivity index (χ0) is 20.4. The highest BCUT2D eigenvalue weighted by molar-refractivity contribution is 6.31. The molecule has 1 aromatic carbocycles. The van der Waals surface area contributed by atoms with Crippen molar-refractivity contribution in [3.05, 3.63) is 80.9 Å². The number of halogens is 1. The van der Waals surface area contributed by atoms with E-state index in [0.717, 1.165) is 43.3 Å². The maximum atomic E-state index is 12.1. The maximum Gasteiger partial charge on any atom is 0.283 e. The molecule has 0 amide bonds. The Kier molecular flexibility index (Phi) is 5.38. The molecule has 2 aromatic heterocycles. The average Bonchev–Trinajstić information content (AvgIpc) is 3.02. The second-order valence-corrected chi connectivity index (χ2v) is 7.43. The van der Waals surface area contributed by atoms with Gasteiger partial charge in [0.25, 0.3) is 5.56 Å². The van der Waals surface area contributed by atoms with Crippen LogP contribution in [-0.2, 0) is 7.05 Å². The first kappa shape index (κ1) is 19.2. The second kappa shape index (κ2) is 8.11. The average molecular weight is 409 g/mol. The molecule has 1 aliphatic rings. The molecule has 1 aliphatic heterocycles. The normalized spacial score (nSPS) is 15.8.